The van der Waals surface area contributed by atoms with E-state index in [9.17, 15) is 4.79 Å². The molecule has 0 unspecified atom stereocenters. The van der Waals surface area contributed by atoms with Gasteiger partial charge in [-0.15, -0.1) is 0 Å². The molecule has 1 aromatic carbocycles. The highest BCUT2D eigenvalue weighted by molar-refractivity contribution is 5.94. The first-order chi connectivity index (χ1) is 9.69. The van der Waals surface area contributed by atoms with Gasteiger partial charge < -0.3 is 9.30 Å². The van der Waals surface area contributed by atoms with Gasteiger partial charge in [-0.1, -0.05) is 12.1 Å². The molecule has 5 heteroatoms. The predicted molar refractivity (Wildman–Crippen MR) is 75.9 cm³/mol. The van der Waals surface area contributed by atoms with E-state index in [1.54, 1.807) is 6.07 Å². The SMILES string of the molecule is CCn1cc(OC(=O)c2cc(C)n[nH]2)c2ccccc21. The molecule has 0 saturated heterocycles. The zero-order valence-electron chi connectivity index (χ0n) is 11.4. The van der Waals surface area contributed by atoms with Crippen molar-refractivity contribution in [2.75, 3.05) is 0 Å². The molecular formula is C15H15N3O2. The van der Waals surface area contributed by atoms with Gasteiger partial charge in [-0.3, -0.25) is 5.10 Å². The minimum Gasteiger partial charge on any atom is -0.420 e. The van der Waals surface area contributed by atoms with Gasteiger partial charge >= 0.3 is 5.97 Å². The number of para-hydroxylation sites is 1. The second-order valence-electron chi connectivity index (χ2n) is 4.61. The van der Waals surface area contributed by atoms with E-state index in [1.807, 2.05) is 37.4 Å². The average molecular weight is 269 g/mol. The molecular weight excluding hydrogens is 254 g/mol. The van der Waals surface area contributed by atoms with Crippen LogP contribution in [0.1, 0.15) is 23.1 Å². The molecule has 20 heavy (non-hydrogen) atoms. The summed E-state index contributed by atoms with van der Waals surface area (Å²) < 4.78 is 7.53. The maximum absolute atomic E-state index is 12.1. The lowest BCUT2D eigenvalue weighted by Crippen LogP contribution is -2.08. The molecule has 0 aliphatic rings. The number of nitrogens with one attached hydrogen (secondary N) is 1. The highest BCUT2D eigenvalue weighted by atomic mass is 16.5. The third-order valence-corrected chi connectivity index (χ3v) is 3.22. The van der Waals surface area contributed by atoms with E-state index in [-0.39, 0.29) is 0 Å². The number of aromatic amines is 1. The Balaban J connectivity index is 1.97. The van der Waals surface area contributed by atoms with Crippen molar-refractivity contribution in [2.24, 2.45) is 0 Å². The van der Waals surface area contributed by atoms with Crippen molar-refractivity contribution >= 4 is 16.9 Å². The maximum Gasteiger partial charge on any atom is 0.361 e. The molecule has 0 radical (unpaired) electrons. The number of aryl methyl sites for hydroxylation is 2. The minimum absolute atomic E-state index is 0.357. The number of H-pyrrole nitrogens is 1. The molecule has 0 spiro atoms. The van der Waals surface area contributed by atoms with Crippen molar-refractivity contribution in [1.82, 2.24) is 14.8 Å². The monoisotopic (exact) mass is 269 g/mol. The van der Waals surface area contributed by atoms with Crippen LogP contribution in [0.5, 0.6) is 5.75 Å². The summed E-state index contributed by atoms with van der Waals surface area (Å²) in [5.41, 5.74) is 2.17. The molecule has 5 nitrogen and oxygen atoms in total. The van der Waals surface area contributed by atoms with E-state index in [1.165, 1.54) is 0 Å². The Kier molecular flexibility index (Phi) is 3.02. The van der Waals surface area contributed by atoms with Gasteiger partial charge in [0.1, 0.15) is 5.69 Å². The zero-order valence-corrected chi connectivity index (χ0v) is 11.4. The Morgan fingerprint density at radius 3 is 2.90 bits per heavy atom. The third-order valence-electron chi connectivity index (χ3n) is 3.22. The van der Waals surface area contributed by atoms with Crippen LogP contribution in [0.2, 0.25) is 0 Å². The summed E-state index contributed by atoms with van der Waals surface area (Å²) in [4.78, 5) is 12.1. The first kappa shape index (κ1) is 12.5. The lowest BCUT2D eigenvalue weighted by molar-refractivity contribution is 0.0730. The number of carbonyl (C=O) groups is 1. The van der Waals surface area contributed by atoms with Gasteiger partial charge in [-0.05, 0) is 32.0 Å². The first-order valence-corrected chi connectivity index (χ1v) is 6.51. The molecule has 0 saturated carbocycles. The Morgan fingerprint density at radius 2 is 2.20 bits per heavy atom. The molecule has 2 heterocycles. The largest absolute Gasteiger partial charge is 0.420 e. The van der Waals surface area contributed by atoms with E-state index in [4.69, 9.17) is 4.74 Å². The first-order valence-electron chi connectivity index (χ1n) is 6.51. The minimum atomic E-state index is -0.426. The number of hydrogen-bond donors (Lipinski definition) is 1. The molecule has 0 fully saturated rings. The number of aromatic nitrogens is 3. The molecule has 0 aliphatic carbocycles. The van der Waals surface area contributed by atoms with Crippen LogP contribution in [0.15, 0.2) is 36.5 Å². The van der Waals surface area contributed by atoms with E-state index >= 15 is 0 Å². The summed E-state index contributed by atoms with van der Waals surface area (Å²) in [6, 6.07) is 9.53. The van der Waals surface area contributed by atoms with Gasteiger partial charge in [0.05, 0.1) is 11.2 Å². The van der Waals surface area contributed by atoms with E-state index in [0.717, 1.165) is 23.1 Å². The fraction of sp³-hybridized carbons (Fsp3) is 0.200. The summed E-state index contributed by atoms with van der Waals surface area (Å²) >= 11 is 0. The Bertz CT molecular complexity index is 770. The molecule has 3 rings (SSSR count). The normalized spacial score (nSPS) is 10.9. The van der Waals surface area contributed by atoms with Gasteiger partial charge in [0.25, 0.3) is 0 Å². The van der Waals surface area contributed by atoms with E-state index < -0.39 is 5.97 Å². The zero-order chi connectivity index (χ0) is 14.1. The highest BCUT2D eigenvalue weighted by Crippen LogP contribution is 2.28. The fourth-order valence-electron chi connectivity index (χ4n) is 2.24. The van der Waals surface area contributed by atoms with Crippen molar-refractivity contribution in [3.05, 3.63) is 47.9 Å². The molecule has 2 aromatic heterocycles. The smallest absolute Gasteiger partial charge is 0.361 e. The number of rotatable bonds is 3. The van der Waals surface area contributed by atoms with E-state index in [2.05, 4.69) is 21.7 Å². The highest BCUT2D eigenvalue weighted by Gasteiger charge is 2.15. The molecule has 0 aliphatic heterocycles. The lowest BCUT2D eigenvalue weighted by Gasteiger charge is -2.00. The summed E-state index contributed by atoms with van der Waals surface area (Å²) in [5, 5.41) is 7.52. The number of carbonyl (C=O) groups excluding carboxylic acids is 1. The number of fused-ring (bicyclic) bond motifs is 1. The van der Waals surface area contributed by atoms with Crippen molar-refractivity contribution in [2.45, 2.75) is 20.4 Å². The third kappa shape index (κ3) is 2.07. The molecule has 3 aromatic rings. The molecule has 0 bridgehead atoms. The Morgan fingerprint density at radius 1 is 1.40 bits per heavy atom. The van der Waals surface area contributed by atoms with Crippen LogP contribution in [0.4, 0.5) is 0 Å². The van der Waals surface area contributed by atoms with E-state index in [0.29, 0.717) is 11.4 Å². The number of ether oxygens (including phenoxy) is 1. The second-order valence-corrected chi connectivity index (χ2v) is 4.61. The van der Waals surface area contributed by atoms with Gasteiger partial charge in [0.2, 0.25) is 0 Å². The van der Waals surface area contributed by atoms with Crippen LogP contribution in [0.3, 0.4) is 0 Å². The van der Waals surface area contributed by atoms with Crippen molar-refractivity contribution in [3.63, 3.8) is 0 Å². The number of nitrogens with zero attached hydrogens (tertiary/aromatic N) is 2. The summed E-state index contributed by atoms with van der Waals surface area (Å²) in [6.45, 7) is 4.69. The fourth-order valence-corrected chi connectivity index (χ4v) is 2.24. The van der Waals surface area contributed by atoms with Crippen LogP contribution in [-0.4, -0.2) is 20.7 Å². The van der Waals surface area contributed by atoms with Gasteiger partial charge in [-0.2, -0.15) is 5.10 Å². The summed E-state index contributed by atoms with van der Waals surface area (Å²) in [7, 11) is 0. The van der Waals surface area contributed by atoms with Crippen LogP contribution in [-0.2, 0) is 6.54 Å². The molecule has 102 valence electrons. The van der Waals surface area contributed by atoms with Crippen LogP contribution in [0.25, 0.3) is 10.9 Å². The lowest BCUT2D eigenvalue weighted by atomic mass is 10.2. The average Bonchev–Trinajstić information content (AvgIpc) is 3.03. The molecule has 1 N–H and O–H groups in total. The second kappa shape index (κ2) is 4.85. The summed E-state index contributed by atoms with van der Waals surface area (Å²) in [5.74, 6) is 0.143. The Hall–Kier alpha value is -2.56. The standard InChI is InChI=1S/C15H15N3O2/c1-3-18-9-14(11-6-4-5-7-13(11)18)20-15(19)12-8-10(2)16-17-12/h4-9H,3H2,1-2H3,(H,16,17). The van der Waals surface area contributed by atoms with Crippen molar-refractivity contribution < 1.29 is 9.53 Å². The number of hydrogen-bond acceptors (Lipinski definition) is 3. The van der Waals surface area contributed by atoms with Gasteiger partial charge in [0.15, 0.2) is 5.75 Å². The predicted octanol–water partition coefficient (Wildman–Crippen LogP) is 2.91. The summed E-state index contributed by atoms with van der Waals surface area (Å²) in [6.07, 6.45) is 1.85. The number of benzene rings is 1. The molecule has 0 amide bonds. The number of esters is 1. The van der Waals surface area contributed by atoms with Crippen LogP contribution >= 0.6 is 0 Å². The maximum atomic E-state index is 12.1. The van der Waals surface area contributed by atoms with Crippen molar-refractivity contribution in [1.29, 1.82) is 0 Å². The van der Waals surface area contributed by atoms with Crippen LogP contribution in [0, 0.1) is 6.92 Å². The topological polar surface area (TPSA) is 59.9 Å². The van der Waals surface area contributed by atoms with Crippen LogP contribution < -0.4 is 4.74 Å². The van der Waals surface area contributed by atoms with Crippen molar-refractivity contribution in [3.8, 4) is 5.75 Å². The quantitative estimate of drug-likeness (QED) is 0.744. The van der Waals surface area contributed by atoms with Gasteiger partial charge in [-0.25, -0.2) is 4.79 Å². The molecule has 0 atom stereocenters. The van der Waals surface area contributed by atoms with Gasteiger partial charge in [0, 0.05) is 18.1 Å². The Labute approximate surface area is 116 Å².